The molecule has 1 unspecified atom stereocenters. The first-order valence-electron chi connectivity index (χ1n) is 7.01. The Morgan fingerprint density at radius 1 is 1.55 bits per heavy atom. The Kier molecular flexibility index (Phi) is 5.05. The van der Waals surface area contributed by atoms with Crippen molar-refractivity contribution in [2.75, 3.05) is 19.0 Å². The average molecular weight is 341 g/mol. The van der Waals surface area contributed by atoms with Gasteiger partial charge in [0.05, 0.1) is 18.3 Å². The molecule has 1 heterocycles. The van der Waals surface area contributed by atoms with Crippen LogP contribution in [0.1, 0.15) is 32.6 Å². The molecule has 1 aromatic rings. The van der Waals surface area contributed by atoms with Gasteiger partial charge in [0.25, 0.3) is 0 Å². The van der Waals surface area contributed by atoms with E-state index in [1.54, 1.807) is 7.11 Å². The number of methoxy groups -OCH3 is 1. The number of amides is 1. The average Bonchev–Trinajstić information content (AvgIpc) is 2.89. The summed E-state index contributed by atoms with van der Waals surface area (Å²) in [7, 11) is 1.61. The Morgan fingerprint density at radius 3 is 2.95 bits per heavy atom. The monoisotopic (exact) mass is 340 g/mol. The highest BCUT2D eigenvalue weighted by atomic mass is 79.9. The number of ether oxygens (including phenoxy) is 1. The highest BCUT2D eigenvalue weighted by molar-refractivity contribution is 9.10. The molecule has 4 nitrogen and oxygen atoms in total. The van der Waals surface area contributed by atoms with Crippen LogP contribution < -0.4 is 15.4 Å². The highest BCUT2D eigenvalue weighted by Gasteiger charge is 2.40. The fourth-order valence-electron chi connectivity index (χ4n) is 2.77. The van der Waals surface area contributed by atoms with Crippen molar-refractivity contribution in [2.24, 2.45) is 0 Å². The first-order valence-corrected chi connectivity index (χ1v) is 7.80. The Labute approximate surface area is 128 Å². The second-order valence-electron chi connectivity index (χ2n) is 5.16. The van der Waals surface area contributed by atoms with Gasteiger partial charge >= 0.3 is 0 Å². The molecule has 0 radical (unpaired) electrons. The van der Waals surface area contributed by atoms with Crippen LogP contribution in [0.15, 0.2) is 22.7 Å². The zero-order valence-corrected chi connectivity index (χ0v) is 13.5. The molecule has 0 bridgehead atoms. The molecule has 1 aliphatic heterocycles. The first-order chi connectivity index (χ1) is 9.61. The largest absolute Gasteiger partial charge is 0.495 e. The van der Waals surface area contributed by atoms with Gasteiger partial charge < -0.3 is 15.4 Å². The maximum atomic E-state index is 12.7. The number of anilines is 1. The van der Waals surface area contributed by atoms with Gasteiger partial charge in [-0.05, 0) is 44.0 Å². The van der Waals surface area contributed by atoms with Crippen LogP contribution in [-0.2, 0) is 4.79 Å². The third-order valence-electron chi connectivity index (χ3n) is 3.76. The molecular weight excluding hydrogens is 320 g/mol. The van der Waals surface area contributed by atoms with Gasteiger partial charge in [-0.2, -0.15) is 0 Å². The van der Waals surface area contributed by atoms with Crippen LogP contribution in [0.5, 0.6) is 5.75 Å². The second kappa shape index (κ2) is 6.59. The topological polar surface area (TPSA) is 50.4 Å². The van der Waals surface area contributed by atoms with Crippen molar-refractivity contribution < 1.29 is 9.53 Å². The van der Waals surface area contributed by atoms with Crippen LogP contribution in [0, 0.1) is 0 Å². The summed E-state index contributed by atoms with van der Waals surface area (Å²) in [5.41, 5.74) is 0.276. The summed E-state index contributed by atoms with van der Waals surface area (Å²) in [5.74, 6) is 0.708. The Hall–Kier alpha value is -1.07. The van der Waals surface area contributed by atoms with Gasteiger partial charge in [0.15, 0.2) is 0 Å². The van der Waals surface area contributed by atoms with Gasteiger partial charge in [0, 0.05) is 4.47 Å². The molecule has 0 aliphatic carbocycles. The summed E-state index contributed by atoms with van der Waals surface area (Å²) < 4.78 is 6.22. The predicted molar refractivity (Wildman–Crippen MR) is 84.2 cm³/mol. The van der Waals surface area contributed by atoms with E-state index in [1.807, 2.05) is 18.2 Å². The fraction of sp³-hybridized carbons (Fsp3) is 0.533. The molecule has 0 saturated carbocycles. The van der Waals surface area contributed by atoms with Crippen LogP contribution >= 0.6 is 15.9 Å². The first kappa shape index (κ1) is 15.3. The molecule has 1 aromatic carbocycles. The molecule has 0 spiro atoms. The van der Waals surface area contributed by atoms with E-state index in [0.717, 1.165) is 36.7 Å². The van der Waals surface area contributed by atoms with Crippen LogP contribution in [-0.4, -0.2) is 25.1 Å². The zero-order chi connectivity index (χ0) is 14.6. The van der Waals surface area contributed by atoms with Crippen LogP contribution in [0.25, 0.3) is 0 Å². The molecule has 2 rings (SSSR count). The van der Waals surface area contributed by atoms with Crippen molar-refractivity contribution in [1.82, 2.24) is 5.32 Å². The summed E-state index contributed by atoms with van der Waals surface area (Å²) >= 11 is 3.42. The zero-order valence-electron chi connectivity index (χ0n) is 12.0. The number of nitrogens with one attached hydrogen (secondary N) is 2. The van der Waals surface area contributed by atoms with Gasteiger partial charge in [0.1, 0.15) is 5.75 Å². The minimum atomic E-state index is -0.428. The smallest absolute Gasteiger partial charge is 0.244 e. The van der Waals surface area contributed by atoms with E-state index in [9.17, 15) is 4.79 Å². The number of hydrogen-bond donors (Lipinski definition) is 2. The molecule has 0 aromatic heterocycles. The summed E-state index contributed by atoms with van der Waals surface area (Å²) in [5, 5.41) is 6.39. The van der Waals surface area contributed by atoms with Crippen LogP contribution in [0.4, 0.5) is 5.69 Å². The molecule has 1 fully saturated rings. The van der Waals surface area contributed by atoms with Gasteiger partial charge in [-0.3, -0.25) is 4.79 Å². The maximum absolute atomic E-state index is 12.7. The van der Waals surface area contributed by atoms with E-state index in [4.69, 9.17) is 4.74 Å². The van der Waals surface area contributed by atoms with E-state index in [2.05, 4.69) is 33.5 Å². The summed E-state index contributed by atoms with van der Waals surface area (Å²) in [6.45, 7) is 3.01. The second-order valence-corrected chi connectivity index (χ2v) is 6.08. The number of carbonyl (C=O) groups excluding carboxylic acids is 1. The summed E-state index contributed by atoms with van der Waals surface area (Å²) in [6.07, 6.45) is 3.78. The number of hydrogen-bond acceptors (Lipinski definition) is 3. The number of benzene rings is 1. The number of halogens is 1. The Balaban J connectivity index is 2.20. The quantitative estimate of drug-likeness (QED) is 0.864. The van der Waals surface area contributed by atoms with E-state index in [0.29, 0.717) is 11.4 Å². The Morgan fingerprint density at radius 2 is 2.35 bits per heavy atom. The predicted octanol–water partition coefficient (Wildman–Crippen LogP) is 3.32. The van der Waals surface area contributed by atoms with Crippen molar-refractivity contribution in [1.29, 1.82) is 0 Å². The van der Waals surface area contributed by atoms with Crippen LogP contribution in [0.3, 0.4) is 0 Å². The lowest BCUT2D eigenvalue weighted by Gasteiger charge is -2.28. The summed E-state index contributed by atoms with van der Waals surface area (Å²) in [6, 6.07) is 5.60. The molecular formula is C15H21BrN2O2. The van der Waals surface area contributed by atoms with Crippen molar-refractivity contribution >= 4 is 27.5 Å². The third-order valence-corrected chi connectivity index (χ3v) is 4.26. The highest BCUT2D eigenvalue weighted by Crippen LogP contribution is 2.31. The molecule has 1 amide bonds. The molecule has 1 saturated heterocycles. The SMILES string of the molecule is CCCC1(C(=O)Nc2cc(Br)ccc2OC)CCCN1. The van der Waals surface area contributed by atoms with Crippen molar-refractivity contribution in [3.63, 3.8) is 0 Å². The lowest BCUT2D eigenvalue weighted by Crippen LogP contribution is -2.50. The molecule has 2 N–H and O–H groups in total. The lowest BCUT2D eigenvalue weighted by atomic mass is 9.90. The van der Waals surface area contributed by atoms with Crippen molar-refractivity contribution in [3.05, 3.63) is 22.7 Å². The minimum Gasteiger partial charge on any atom is -0.495 e. The van der Waals surface area contributed by atoms with Gasteiger partial charge in [0.2, 0.25) is 5.91 Å². The number of rotatable bonds is 5. The summed E-state index contributed by atoms with van der Waals surface area (Å²) in [4.78, 5) is 12.7. The van der Waals surface area contributed by atoms with Gasteiger partial charge in [-0.1, -0.05) is 29.3 Å². The molecule has 1 atom stereocenters. The van der Waals surface area contributed by atoms with Crippen molar-refractivity contribution in [2.45, 2.75) is 38.1 Å². The lowest BCUT2D eigenvalue weighted by molar-refractivity contribution is -0.122. The fourth-order valence-corrected chi connectivity index (χ4v) is 3.13. The van der Waals surface area contributed by atoms with E-state index in [1.165, 1.54) is 0 Å². The molecule has 1 aliphatic rings. The van der Waals surface area contributed by atoms with Crippen LogP contribution in [0.2, 0.25) is 0 Å². The number of carbonyl (C=O) groups is 1. The van der Waals surface area contributed by atoms with Gasteiger partial charge in [-0.25, -0.2) is 0 Å². The third kappa shape index (κ3) is 3.15. The standard InChI is InChI=1S/C15H21BrN2O2/c1-3-7-15(8-4-9-17-15)14(19)18-12-10-11(16)5-6-13(12)20-2/h5-6,10,17H,3-4,7-9H2,1-2H3,(H,18,19). The minimum absolute atomic E-state index is 0.0354. The molecule has 110 valence electrons. The maximum Gasteiger partial charge on any atom is 0.244 e. The normalized spacial score (nSPS) is 21.8. The van der Waals surface area contributed by atoms with E-state index in [-0.39, 0.29) is 5.91 Å². The molecule has 20 heavy (non-hydrogen) atoms. The Bertz CT molecular complexity index is 485. The van der Waals surface area contributed by atoms with Gasteiger partial charge in [-0.15, -0.1) is 0 Å². The van der Waals surface area contributed by atoms with E-state index < -0.39 is 5.54 Å². The van der Waals surface area contributed by atoms with Crippen molar-refractivity contribution in [3.8, 4) is 5.75 Å². The molecule has 5 heteroatoms. The van der Waals surface area contributed by atoms with E-state index >= 15 is 0 Å².